The summed E-state index contributed by atoms with van der Waals surface area (Å²) in [7, 11) is 0. The van der Waals surface area contributed by atoms with Crippen LogP contribution in [-0.2, 0) is 0 Å². The molecule has 0 saturated heterocycles. The van der Waals surface area contributed by atoms with E-state index in [1.54, 1.807) is 44.4 Å². The molecular weight excluding hydrogens is 430 g/mol. The summed E-state index contributed by atoms with van der Waals surface area (Å²) in [5, 5.41) is 20.6. The number of aryl methyl sites for hydroxylation is 3. The van der Waals surface area contributed by atoms with E-state index in [9.17, 15) is 34.6 Å². The van der Waals surface area contributed by atoms with E-state index in [2.05, 4.69) is 4.98 Å². The van der Waals surface area contributed by atoms with Crippen molar-refractivity contribution in [2.24, 2.45) is 0 Å². The highest BCUT2D eigenvalue weighted by atomic mass is 16.6. The predicted molar refractivity (Wildman–Crippen MR) is 121 cm³/mol. The van der Waals surface area contributed by atoms with Gasteiger partial charge in [-0.05, 0) is 38.0 Å². The second-order valence-electron chi connectivity index (χ2n) is 6.69. The number of aromatic nitrogens is 1. The first kappa shape index (κ1) is 26.4. The fraction of sp³-hybridized carbons (Fsp3) is 0.130. The van der Waals surface area contributed by atoms with Crippen molar-refractivity contribution >= 4 is 30.2 Å². The fourth-order valence-electron chi connectivity index (χ4n) is 2.36. The number of aldehydes is 3. The van der Waals surface area contributed by atoms with Crippen molar-refractivity contribution < 1.29 is 24.2 Å². The Balaban J connectivity index is 0.000000250. The van der Waals surface area contributed by atoms with Gasteiger partial charge in [0.05, 0.1) is 9.85 Å². The number of carbonyl (C=O) groups is 3. The molecule has 0 aliphatic carbocycles. The van der Waals surface area contributed by atoms with Crippen LogP contribution in [0.2, 0.25) is 0 Å². The number of non-ortho nitro benzene ring substituents is 1. The lowest BCUT2D eigenvalue weighted by Crippen LogP contribution is -1.92. The number of hydrogen-bond donors (Lipinski definition) is 0. The monoisotopic (exact) mass is 451 g/mol. The van der Waals surface area contributed by atoms with Gasteiger partial charge in [0.1, 0.15) is 6.29 Å². The largest absolute Gasteiger partial charge is 0.298 e. The van der Waals surface area contributed by atoms with Crippen molar-refractivity contribution in [1.29, 1.82) is 0 Å². The van der Waals surface area contributed by atoms with Gasteiger partial charge in [0, 0.05) is 52.8 Å². The summed E-state index contributed by atoms with van der Waals surface area (Å²) in [5.74, 6) is 0. The van der Waals surface area contributed by atoms with E-state index in [-0.39, 0.29) is 11.4 Å². The van der Waals surface area contributed by atoms with Crippen LogP contribution in [0.5, 0.6) is 0 Å². The molecule has 0 aliphatic rings. The Bertz CT molecular complexity index is 1180. The first-order chi connectivity index (χ1) is 15.6. The maximum Gasteiger partial charge on any atom is 0.273 e. The zero-order valence-corrected chi connectivity index (χ0v) is 18.1. The highest BCUT2D eigenvalue weighted by Crippen LogP contribution is 2.18. The zero-order chi connectivity index (χ0) is 25.0. The SMILES string of the molecule is Cc1ccc(C=O)cc1[N+](=O)[O-].Cc1ccc([N+](=O)[O-])cc1C=O.Cc1ccncc1C=O. The molecule has 0 N–H and O–H groups in total. The van der Waals surface area contributed by atoms with Crippen molar-refractivity contribution in [3.8, 4) is 0 Å². The minimum absolute atomic E-state index is 0.0143. The Labute approximate surface area is 189 Å². The maximum absolute atomic E-state index is 10.4. The number of nitro groups is 2. The van der Waals surface area contributed by atoms with Gasteiger partial charge in [-0.1, -0.05) is 18.2 Å². The quantitative estimate of drug-likeness (QED) is 0.309. The molecule has 0 amide bonds. The first-order valence-electron chi connectivity index (χ1n) is 9.40. The van der Waals surface area contributed by atoms with Crippen LogP contribution in [0.15, 0.2) is 54.9 Å². The van der Waals surface area contributed by atoms with Crippen LogP contribution in [0.4, 0.5) is 11.4 Å². The van der Waals surface area contributed by atoms with Crippen LogP contribution < -0.4 is 0 Å². The van der Waals surface area contributed by atoms with Crippen LogP contribution in [0.3, 0.4) is 0 Å². The third kappa shape index (κ3) is 8.21. The van der Waals surface area contributed by atoms with Crippen molar-refractivity contribution in [2.75, 3.05) is 0 Å². The lowest BCUT2D eigenvalue weighted by atomic mass is 10.1. The second kappa shape index (κ2) is 13.0. The molecule has 3 aromatic rings. The van der Waals surface area contributed by atoms with Crippen molar-refractivity contribution in [3.05, 3.63) is 108 Å². The Morgan fingerprint density at radius 1 is 0.727 bits per heavy atom. The Morgan fingerprint density at radius 3 is 1.82 bits per heavy atom. The Morgan fingerprint density at radius 2 is 1.33 bits per heavy atom. The molecule has 33 heavy (non-hydrogen) atoms. The molecule has 0 aliphatic heterocycles. The number of carbonyl (C=O) groups excluding carboxylic acids is 3. The number of pyridine rings is 1. The molecule has 10 heteroatoms. The lowest BCUT2D eigenvalue weighted by molar-refractivity contribution is -0.385. The molecule has 0 spiro atoms. The number of nitrogens with zero attached hydrogens (tertiary/aromatic N) is 3. The molecule has 1 aromatic heterocycles. The first-order valence-corrected chi connectivity index (χ1v) is 9.40. The minimum Gasteiger partial charge on any atom is -0.298 e. The summed E-state index contributed by atoms with van der Waals surface area (Å²) in [6.45, 7) is 5.24. The molecule has 0 bridgehead atoms. The molecule has 2 aromatic carbocycles. The molecule has 10 nitrogen and oxygen atoms in total. The van der Waals surface area contributed by atoms with E-state index >= 15 is 0 Å². The van der Waals surface area contributed by atoms with Gasteiger partial charge >= 0.3 is 0 Å². The van der Waals surface area contributed by atoms with E-state index in [1.165, 1.54) is 18.2 Å². The van der Waals surface area contributed by atoms with Crippen LogP contribution in [0.25, 0.3) is 0 Å². The number of hydrogen-bond acceptors (Lipinski definition) is 8. The topological polar surface area (TPSA) is 150 Å². The lowest BCUT2D eigenvalue weighted by Gasteiger charge is -1.96. The van der Waals surface area contributed by atoms with Gasteiger partial charge in [-0.15, -0.1) is 0 Å². The Hall–Kier alpha value is -4.60. The molecule has 0 atom stereocenters. The number of rotatable bonds is 5. The van der Waals surface area contributed by atoms with E-state index in [4.69, 9.17) is 0 Å². The molecule has 0 radical (unpaired) electrons. The highest BCUT2D eigenvalue weighted by molar-refractivity contribution is 5.78. The molecule has 0 fully saturated rings. The average Bonchev–Trinajstić information content (AvgIpc) is 2.80. The van der Waals surface area contributed by atoms with Crippen molar-refractivity contribution in [2.45, 2.75) is 20.8 Å². The minimum atomic E-state index is -0.521. The summed E-state index contributed by atoms with van der Waals surface area (Å²) in [6, 6.07) is 10.4. The standard InChI is InChI=1S/2C8H7NO3.C7H7NO/c1-6-2-3-8(9(11)12)4-7(6)5-10;1-6-2-3-7(5-10)4-8(6)9(11)12;1-6-2-3-8-4-7(6)5-9/h2*2-5H,1H3;2-5H,1H3. The summed E-state index contributed by atoms with van der Waals surface area (Å²) >= 11 is 0. The summed E-state index contributed by atoms with van der Waals surface area (Å²) in [6.07, 6.45) is 5.24. The van der Waals surface area contributed by atoms with Crippen LogP contribution in [0.1, 0.15) is 47.8 Å². The van der Waals surface area contributed by atoms with Gasteiger partial charge in [0.15, 0.2) is 12.6 Å². The van der Waals surface area contributed by atoms with Gasteiger partial charge < -0.3 is 0 Å². The van der Waals surface area contributed by atoms with Crippen LogP contribution in [0, 0.1) is 41.0 Å². The predicted octanol–water partition coefficient (Wildman–Crippen LogP) is 4.63. The van der Waals surface area contributed by atoms with E-state index in [1.807, 2.05) is 13.0 Å². The van der Waals surface area contributed by atoms with E-state index in [0.29, 0.717) is 34.8 Å². The van der Waals surface area contributed by atoms with Gasteiger partial charge in [0.25, 0.3) is 11.4 Å². The van der Waals surface area contributed by atoms with Crippen LogP contribution >= 0.6 is 0 Å². The second-order valence-corrected chi connectivity index (χ2v) is 6.69. The fourth-order valence-corrected chi connectivity index (χ4v) is 2.36. The van der Waals surface area contributed by atoms with Crippen molar-refractivity contribution in [3.63, 3.8) is 0 Å². The molecular formula is C23H21N3O7. The van der Waals surface area contributed by atoms with Crippen molar-refractivity contribution in [1.82, 2.24) is 4.98 Å². The molecule has 170 valence electrons. The smallest absolute Gasteiger partial charge is 0.273 e. The molecule has 0 unspecified atom stereocenters. The van der Waals surface area contributed by atoms with Gasteiger partial charge in [0.2, 0.25) is 0 Å². The Kier molecular flexibility index (Phi) is 10.4. The molecule has 1 heterocycles. The van der Waals surface area contributed by atoms with Gasteiger partial charge in [-0.25, -0.2) is 0 Å². The average molecular weight is 451 g/mol. The van der Waals surface area contributed by atoms with E-state index < -0.39 is 9.85 Å². The summed E-state index contributed by atoms with van der Waals surface area (Å²) in [4.78, 5) is 54.3. The highest BCUT2D eigenvalue weighted by Gasteiger charge is 2.10. The number of benzene rings is 2. The van der Waals surface area contributed by atoms with E-state index in [0.717, 1.165) is 17.4 Å². The molecule has 0 saturated carbocycles. The normalized spacial score (nSPS) is 9.30. The van der Waals surface area contributed by atoms with Crippen LogP contribution in [-0.4, -0.2) is 33.7 Å². The van der Waals surface area contributed by atoms with Gasteiger partial charge in [-0.3, -0.25) is 39.6 Å². The van der Waals surface area contributed by atoms with Gasteiger partial charge in [-0.2, -0.15) is 0 Å². The summed E-state index contributed by atoms with van der Waals surface area (Å²) in [5.41, 5.74) is 3.57. The third-order valence-electron chi connectivity index (χ3n) is 4.37. The zero-order valence-electron chi connectivity index (χ0n) is 18.1. The summed E-state index contributed by atoms with van der Waals surface area (Å²) < 4.78 is 0. The maximum atomic E-state index is 10.4. The third-order valence-corrected chi connectivity index (χ3v) is 4.37. The molecule has 3 rings (SSSR count). The number of nitro benzene ring substituents is 2.